The van der Waals surface area contributed by atoms with Crippen LogP contribution in [-0.2, 0) is 0 Å². The number of rotatable bonds is 4. The van der Waals surface area contributed by atoms with Crippen LogP contribution in [0.2, 0.25) is 0 Å². The van der Waals surface area contributed by atoms with Crippen LogP contribution in [0.1, 0.15) is 36.5 Å². The fourth-order valence-corrected chi connectivity index (χ4v) is 4.97. The minimum Gasteiger partial charge on any atom is -0.309 e. The summed E-state index contributed by atoms with van der Waals surface area (Å²) in [5, 5.41) is 2.59. The average molecular weight is 416 g/mol. The van der Waals surface area contributed by atoms with Gasteiger partial charge in [-0.1, -0.05) is 73.7 Å². The molecule has 0 aliphatic carbocycles. The third-order valence-electron chi connectivity index (χ3n) is 6.62. The predicted molar refractivity (Wildman–Crippen MR) is 139 cm³/mol. The van der Waals surface area contributed by atoms with E-state index in [-0.39, 0.29) is 0 Å². The fourth-order valence-electron chi connectivity index (χ4n) is 4.97. The van der Waals surface area contributed by atoms with E-state index in [2.05, 4.69) is 129 Å². The van der Waals surface area contributed by atoms with Crippen LogP contribution in [0.25, 0.3) is 38.6 Å². The summed E-state index contributed by atoms with van der Waals surface area (Å²) in [6.07, 6.45) is 4.41. The molecule has 32 heavy (non-hydrogen) atoms. The van der Waals surface area contributed by atoms with Crippen molar-refractivity contribution in [1.82, 2.24) is 4.57 Å². The Labute approximate surface area is 190 Å². The zero-order valence-corrected chi connectivity index (χ0v) is 19.3. The second-order valence-electron chi connectivity index (χ2n) is 8.75. The van der Waals surface area contributed by atoms with Crippen LogP contribution >= 0.6 is 0 Å². The maximum absolute atomic E-state index is 2.41. The van der Waals surface area contributed by atoms with Gasteiger partial charge in [0.15, 0.2) is 0 Å². The molecule has 0 bridgehead atoms. The molecule has 5 aromatic rings. The molecule has 1 nitrogen and oxygen atoms in total. The molecule has 1 heteroatoms. The van der Waals surface area contributed by atoms with E-state index in [0.29, 0.717) is 5.92 Å². The topological polar surface area (TPSA) is 4.93 Å². The second kappa shape index (κ2) is 8.16. The Morgan fingerprint density at radius 2 is 1.47 bits per heavy atom. The van der Waals surface area contributed by atoms with Crippen molar-refractivity contribution in [2.75, 3.05) is 0 Å². The van der Waals surface area contributed by atoms with Crippen LogP contribution in [0.3, 0.4) is 0 Å². The zero-order valence-electron chi connectivity index (χ0n) is 19.3. The molecular formula is C31H29N. The van der Waals surface area contributed by atoms with Gasteiger partial charge in [0.05, 0.1) is 11.0 Å². The molecule has 1 unspecified atom stereocenters. The van der Waals surface area contributed by atoms with Gasteiger partial charge >= 0.3 is 0 Å². The Bertz CT molecular complexity index is 1470. The van der Waals surface area contributed by atoms with Gasteiger partial charge in [-0.15, -0.1) is 0 Å². The van der Waals surface area contributed by atoms with Gasteiger partial charge in [0.25, 0.3) is 0 Å². The summed E-state index contributed by atoms with van der Waals surface area (Å²) in [5.41, 5.74) is 10.3. The number of para-hydroxylation sites is 1. The van der Waals surface area contributed by atoms with Crippen molar-refractivity contribution >= 4 is 21.8 Å². The number of aryl methyl sites for hydroxylation is 2. The SMILES string of the molecule is CC=CC(C)c1cc(-n2c3ccccc3c3cc(-c4ccccc4C)ccc32)ccc1C. The molecule has 5 rings (SSSR count). The molecule has 1 aromatic heterocycles. The summed E-state index contributed by atoms with van der Waals surface area (Å²) in [6.45, 7) is 8.75. The first-order valence-electron chi connectivity index (χ1n) is 11.4. The summed E-state index contributed by atoms with van der Waals surface area (Å²) in [5.74, 6) is 0.390. The smallest absolute Gasteiger partial charge is 0.0541 e. The predicted octanol–water partition coefficient (Wildman–Crippen LogP) is 8.75. The van der Waals surface area contributed by atoms with Crippen molar-refractivity contribution in [1.29, 1.82) is 0 Å². The highest BCUT2D eigenvalue weighted by Crippen LogP contribution is 2.36. The molecule has 1 heterocycles. The Kier molecular flexibility index (Phi) is 5.19. The van der Waals surface area contributed by atoms with E-state index in [4.69, 9.17) is 0 Å². The molecule has 0 N–H and O–H groups in total. The van der Waals surface area contributed by atoms with E-state index in [1.807, 2.05) is 0 Å². The Morgan fingerprint density at radius 1 is 0.719 bits per heavy atom. The van der Waals surface area contributed by atoms with Crippen LogP contribution in [0.5, 0.6) is 0 Å². The van der Waals surface area contributed by atoms with Crippen molar-refractivity contribution in [3.05, 3.63) is 114 Å². The normalized spacial score (nSPS) is 12.8. The molecule has 1 atom stereocenters. The molecule has 158 valence electrons. The van der Waals surface area contributed by atoms with Crippen molar-refractivity contribution in [3.8, 4) is 16.8 Å². The first kappa shape index (κ1) is 20.3. The molecule has 0 aliphatic rings. The lowest BCUT2D eigenvalue weighted by Crippen LogP contribution is -1.99. The molecule has 0 aliphatic heterocycles. The van der Waals surface area contributed by atoms with Gasteiger partial charge < -0.3 is 4.57 Å². The van der Waals surface area contributed by atoms with Gasteiger partial charge in [0.1, 0.15) is 0 Å². The van der Waals surface area contributed by atoms with E-state index in [0.717, 1.165) is 0 Å². The first-order valence-corrected chi connectivity index (χ1v) is 11.4. The third kappa shape index (κ3) is 3.35. The van der Waals surface area contributed by atoms with Gasteiger partial charge in [-0.2, -0.15) is 0 Å². The van der Waals surface area contributed by atoms with Gasteiger partial charge in [0.2, 0.25) is 0 Å². The van der Waals surface area contributed by atoms with E-state index < -0.39 is 0 Å². The minimum atomic E-state index is 0.390. The van der Waals surface area contributed by atoms with E-state index in [1.54, 1.807) is 0 Å². The van der Waals surface area contributed by atoms with Crippen LogP contribution in [0, 0.1) is 13.8 Å². The highest BCUT2D eigenvalue weighted by atomic mass is 15.0. The van der Waals surface area contributed by atoms with Gasteiger partial charge in [-0.3, -0.25) is 0 Å². The van der Waals surface area contributed by atoms with Crippen molar-refractivity contribution < 1.29 is 0 Å². The first-order chi connectivity index (χ1) is 15.6. The van der Waals surface area contributed by atoms with Crippen molar-refractivity contribution in [2.45, 2.75) is 33.6 Å². The van der Waals surface area contributed by atoms with Gasteiger partial charge in [-0.25, -0.2) is 0 Å². The number of fused-ring (bicyclic) bond motifs is 3. The Hall–Kier alpha value is -3.58. The van der Waals surface area contributed by atoms with Gasteiger partial charge in [0, 0.05) is 16.5 Å². The number of allylic oxidation sites excluding steroid dienone is 2. The van der Waals surface area contributed by atoms with Crippen LogP contribution < -0.4 is 0 Å². The van der Waals surface area contributed by atoms with Crippen molar-refractivity contribution in [2.24, 2.45) is 0 Å². The Balaban J connectivity index is 1.77. The van der Waals surface area contributed by atoms with Crippen LogP contribution in [-0.4, -0.2) is 4.57 Å². The van der Waals surface area contributed by atoms with E-state index in [9.17, 15) is 0 Å². The summed E-state index contributed by atoms with van der Waals surface area (Å²) in [4.78, 5) is 0. The summed E-state index contributed by atoms with van der Waals surface area (Å²) in [6, 6.07) is 31.1. The lowest BCUT2D eigenvalue weighted by Gasteiger charge is -2.15. The molecule has 0 fully saturated rings. The largest absolute Gasteiger partial charge is 0.309 e. The maximum atomic E-state index is 2.41. The molecule has 0 amide bonds. The number of aromatic nitrogens is 1. The van der Waals surface area contributed by atoms with E-state index >= 15 is 0 Å². The molecule has 4 aromatic carbocycles. The maximum Gasteiger partial charge on any atom is 0.0541 e. The second-order valence-corrected chi connectivity index (χ2v) is 8.75. The fraction of sp³-hybridized carbons (Fsp3) is 0.161. The van der Waals surface area contributed by atoms with E-state index in [1.165, 1.54) is 55.3 Å². The minimum absolute atomic E-state index is 0.390. The van der Waals surface area contributed by atoms with Crippen molar-refractivity contribution in [3.63, 3.8) is 0 Å². The highest BCUT2D eigenvalue weighted by Gasteiger charge is 2.15. The third-order valence-corrected chi connectivity index (χ3v) is 6.62. The van der Waals surface area contributed by atoms with Gasteiger partial charge in [-0.05, 0) is 84.8 Å². The number of nitrogens with zero attached hydrogens (tertiary/aromatic N) is 1. The summed E-state index contributed by atoms with van der Waals surface area (Å²) >= 11 is 0. The number of hydrogen-bond donors (Lipinski definition) is 0. The molecule has 0 saturated carbocycles. The summed E-state index contributed by atoms with van der Waals surface area (Å²) in [7, 11) is 0. The molecular weight excluding hydrogens is 386 g/mol. The molecule has 0 radical (unpaired) electrons. The summed E-state index contributed by atoms with van der Waals surface area (Å²) < 4.78 is 2.41. The Morgan fingerprint density at radius 3 is 2.28 bits per heavy atom. The average Bonchev–Trinajstić information content (AvgIpc) is 3.14. The quantitative estimate of drug-likeness (QED) is 0.259. The lowest BCUT2D eigenvalue weighted by molar-refractivity contribution is 0.945. The molecule has 0 spiro atoms. The molecule has 0 saturated heterocycles. The monoisotopic (exact) mass is 415 g/mol. The number of hydrogen-bond acceptors (Lipinski definition) is 0. The van der Waals surface area contributed by atoms with Crippen LogP contribution in [0.15, 0.2) is 97.1 Å². The zero-order chi connectivity index (χ0) is 22.2. The lowest BCUT2D eigenvalue weighted by atomic mass is 9.95. The standard InChI is InChI=1S/C31H29N/c1-5-10-21(2)28-20-25(17-15-23(28)4)32-30-14-9-8-13-27(30)29-19-24(16-18-31(29)32)26-12-7-6-11-22(26)3/h5-21H,1-4H3. The number of benzene rings is 4. The van der Waals surface area contributed by atoms with Crippen LogP contribution in [0.4, 0.5) is 0 Å². The highest BCUT2D eigenvalue weighted by molar-refractivity contribution is 6.10.